The lowest BCUT2D eigenvalue weighted by atomic mass is 9.92. The molecular formula is C26H31Cl2N3O4. The SMILES string of the molecule is COc1cc(CN2CCC(O)(COc3ccc(Cl)c(Cl)c3)CC2)ccc1OCCn1cc(C)cn1. The van der Waals surface area contributed by atoms with Crippen LogP contribution in [0.15, 0.2) is 48.8 Å². The summed E-state index contributed by atoms with van der Waals surface area (Å²) in [6.45, 7) is 5.72. The van der Waals surface area contributed by atoms with Crippen LogP contribution in [0.4, 0.5) is 0 Å². The second kappa shape index (κ2) is 11.5. The third-order valence-electron chi connectivity index (χ3n) is 6.16. The molecule has 0 spiro atoms. The first-order valence-corrected chi connectivity index (χ1v) is 12.4. The summed E-state index contributed by atoms with van der Waals surface area (Å²) in [5, 5.41) is 16.2. The van der Waals surface area contributed by atoms with Gasteiger partial charge in [0.05, 0.1) is 29.9 Å². The molecule has 3 aromatic rings. The Morgan fingerprint density at radius 3 is 2.51 bits per heavy atom. The summed E-state index contributed by atoms with van der Waals surface area (Å²) in [7, 11) is 1.65. The Bertz CT molecular complexity index is 1130. The van der Waals surface area contributed by atoms with Crippen LogP contribution in [0, 0.1) is 6.92 Å². The second-order valence-electron chi connectivity index (χ2n) is 8.98. The van der Waals surface area contributed by atoms with Crippen molar-refractivity contribution >= 4 is 23.2 Å². The molecule has 0 aliphatic carbocycles. The molecule has 1 N–H and O–H groups in total. The number of aryl methyl sites for hydroxylation is 1. The number of methoxy groups -OCH3 is 1. The summed E-state index contributed by atoms with van der Waals surface area (Å²) < 4.78 is 19.2. The molecule has 0 saturated carbocycles. The molecule has 188 valence electrons. The third-order valence-corrected chi connectivity index (χ3v) is 6.90. The number of rotatable bonds is 10. The quantitative estimate of drug-likeness (QED) is 0.406. The van der Waals surface area contributed by atoms with E-state index in [9.17, 15) is 5.11 Å². The summed E-state index contributed by atoms with van der Waals surface area (Å²) >= 11 is 12.0. The van der Waals surface area contributed by atoms with Crippen LogP contribution in [0.5, 0.6) is 17.2 Å². The second-order valence-corrected chi connectivity index (χ2v) is 9.79. The van der Waals surface area contributed by atoms with Crippen molar-refractivity contribution in [2.24, 2.45) is 0 Å². The Balaban J connectivity index is 1.25. The third kappa shape index (κ3) is 7.04. The highest BCUT2D eigenvalue weighted by Crippen LogP contribution is 2.31. The number of hydrogen-bond donors (Lipinski definition) is 1. The monoisotopic (exact) mass is 519 g/mol. The number of aromatic nitrogens is 2. The lowest BCUT2D eigenvalue weighted by Crippen LogP contribution is -2.47. The number of hydrogen-bond acceptors (Lipinski definition) is 6. The molecule has 35 heavy (non-hydrogen) atoms. The predicted octanol–water partition coefficient (Wildman–Crippen LogP) is 4.99. The van der Waals surface area contributed by atoms with Gasteiger partial charge in [-0.2, -0.15) is 5.10 Å². The van der Waals surface area contributed by atoms with Gasteiger partial charge in [-0.05, 0) is 55.2 Å². The van der Waals surface area contributed by atoms with E-state index < -0.39 is 5.60 Å². The first-order chi connectivity index (χ1) is 16.8. The zero-order chi connectivity index (χ0) is 24.8. The molecular weight excluding hydrogens is 489 g/mol. The molecule has 2 aromatic carbocycles. The number of nitrogens with zero attached hydrogens (tertiary/aromatic N) is 3. The van der Waals surface area contributed by atoms with Gasteiger partial charge >= 0.3 is 0 Å². The molecule has 1 saturated heterocycles. The first kappa shape index (κ1) is 25.6. The molecule has 1 fully saturated rings. The molecule has 1 aliphatic rings. The number of piperidine rings is 1. The minimum atomic E-state index is -0.870. The minimum absolute atomic E-state index is 0.219. The van der Waals surface area contributed by atoms with E-state index in [4.69, 9.17) is 37.4 Å². The van der Waals surface area contributed by atoms with Crippen LogP contribution < -0.4 is 14.2 Å². The van der Waals surface area contributed by atoms with Gasteiger partial charge < -0.3 is 19.3 Å². The summed E-state index contributed by atoms with van der Waals surface area (Å²) in [5.74, 6) is 2.03. The largest absolute Gasteiger partial charge is 0.493 e. The maximum atomic E-state index is 11.0. The fraction of sp³-hybridized carbons (Fsp3) is 0.423. The van der Waals surface area contributed by atoms with Crippen LogP contribution in [0.3, 0.4) is 0 Å². The zero-order valence-electron chi connectivity index (χ0n) is 20.0. The van der Waals surface area contributed by atoms with Crippen molar-refractivity contribution in [2.75, 3.05) is 33.4 Å². The Labute approximate surface area is 216 Å². The van der Waals surface area contributed by atoms with Crippen molar-refractivity contribution in [3.8, 4) is 17.2 Å². The summed E-state index contributed by atoms with van der Waals surface area (Å²) in [4.78, 5) is 2.32. The van der Waals surface area contributed by atoms with Crippen LogP contribution >= 0.6 is 23.2 Å². The molecule has 1 aromatic heterocycles. The lowest BCUT2D eigenvalue weighted by molar-refractivity contribution is -0.0537. The first-order valence-electron chi connectivity index (χ1n) is 11.6. The van der Waals surface area contributed by atoms with Crippen LogP contribution in [-0.2, 0) is 13.1 Å². The van der Waals surface area contributed by atoms with E-state index in [-0.39, 0.29) is 6.61 Å². The summed E-state index contributed by atoms with van der Waals surface area (Å²) in [6.07, 6.45) is 5.07. The van der Waals surface area contributed by atoms with Crippen LogP contribution in [0.25, 0.3) is 0 Å². The minimum Gasteiger partial charge on any atom is -0.493 e. The number of benzene rings is 2. The van der Waals surface area contributed by atoms with Gasteiger partial charge in [-0.1, -0.05) is 29.3 Å². The Morgan fingerprint density at radius 1 is 1.03 bits per heavy atom. The topological polar surface area (TPSA) is 69.0 Å². The van der Waals surface area contributed by atoms with Gasteiger partial charge in [-0.15, -0.1) is 0 Å². The van der Waals surface area contributed by atoms with Crippen molar-refractivity contribution in [3.63, 3.8) is 0 Å². The van der Waals surface area contributed by atoms with Crippen LogP contribution in [0.1, 0.15) is 24.0 Å². The van der Waals surface area contributed by atoms with Crippen LogP contribution in [-0.4, -0.2) is 58.8 Å². The highest BCUT2D eigenvalue weighted by molar-refractivity contribution is 6.42. The van der Waals surface area contributed by atoms with E-state index in [1.807, 2.05) is 36.1 Å². The van der Waals surface area contributed by atoms with Gasteiger partial charge in [0.15, 0.2) is 11.5 Å². The van der Waals surface area contributed by atoms with Crippen molar-refractivity contribution < 1.29 is 19.3 Å². The average molecular weight is 520 g/mol. The molecule has 0 radical (unpaired) electrons. The summed E-state index contributed by atoms with van der Waals surface area (Å²) in [6, 6.07) is 11.1. The van der Waals surface area contributed by atoms with E-state index in [1.165, 1.54) is 0 Å². The molecule has 0 amide bonds. The molecule has 2 heterocycles. The lowest BCUT2D eigenvalue weighted by Gasteiger charge is -2.38. The maximum Gasteiger partial charge on any atom is 0.161 e. The van der Waals surface area contributed by atoms with Gasteiger partial charge in [0.1, 0.15) is 24.6 Å². The molecule has 0 unspecified atom stereocenters. The molecule has 0 atom stereocenters. The van der Waals surface area contributed by atoms with E-state index in [1.54, 1.807) is 25.3 Å². The number of halogens is 2. The molecule has 0 bridgehead atoms. The Kier molecular flexibility index (Phi) is 8.44. The van der Waals surface area contributed by atoms with Gasteiger partial charge in [-0.25, -0.2) is 0 Å². The van der Waals surface area contributed by atoms with Gasteiger partial charge in [0.2, 0.25) is 0 Å². The predicted molar refractivity (Wildman–Crippen MR) is 137 cm³/mol. The smallest absolute Gasteiger partial charge is 0.161 e. The van der Waals surface area contributed by atoms with Crippen molar-refractivity contribution in [2.45, 2.75) is 38.5 Å². The summed E-state index contributed by atoms with van der Waals surface area (Å²) in [5.41, 5.74) is 1.39. The van der Waals surface area contributed by atoms with E-state index >= 15 is 0 Å². The van der Waals surface area contributed by atoms with Gasteiger partial charge in [0, 0.05) is 31.9 Å². The molecule has 9 heteroatoms. The highest BCUT2D eigenvalue weighted by atomic mass is 35.5. The highest BCUT2D eigenvalue weighted by Gasteiger charge is 2.33. The van der Waals surface area contributed by atoms with Crippen LogP contribution in [0.2, 0.25) is 10.0 Å². The van der Waals surface area contributed by atoms with Gasteiger partial charge in [0.25, 0.3) is 0 Å². The van der Waals surface area contributed by atoms with Crippen molar-refractivity contribution in [3.05, 3.63) is 70.0 Å². The number of ether oxygens (including phenoxy) is 3. The zero-order valence-corrected chi connectivity index (χ0v) is 21.6. The van der Waals surface area contributed by atoms with Crippen molar-refractivity contribution in [1.29, 1.82) is 0 Å². The number of likely N-dealkylation sites (tertiary alicyclic amines) is 1. The Morgan fingerprint density at radius 2 is 1.83 bits per heavy atom. The fourth-order valence-electron chi connectivity index (χ4n) is 4.08. The van der Waals surface area contributed by atoms with Gasteiger partial charge in [-0.3, -0.25) is 9.58 Å². The molecule has 4 rings (SSSR count). The average Bonchev–Trinajstić information content (AvgIpc) is 3.27. The van der Waals surface area contributed by atoms with E-state index in [0.717, 1.165) is 30.8 Å². The molecule has 1 aliphatic heterocycles. The fourth-order valence-corrected chi connectivity index (χ4v) is 4.37. The molecule has 7 nitrogen and oxygen atoms in total. The van der Waals surface area contributed by atoms with E-state index in [0.29, 0.717) is 53.3 Å². The normalized spacial score (nSPS) is 15.7. The number of aliphatic hydroxyl groups is 1. The maximum absolute atomic E-state index is 11.0. The Hall–Kier alpha value is -2.45. The van der Waals surface area contributed by atoms with E-state index in [2.05, 4.69) is 16.1 Å². The standard InChI is InChI=1S/C26H31Cl2N3O4/c1-19-15-29-31(16-19)11-12-34-24-6-3-20(13-25(24)33-2)17-30-9-7-26(32,8-10-30)18-35-21-4-5-22(27)23(28)14-21/h3-6,13-16,32H,7-12,17-18H2,1-2H3. The van der Waals surface area contributed by atoms with Crippen molar-refractivity contribution in [1.82, 2.24) is 14.7 Å².